The average Bonchev–Trinajstić information content (AvgIpc) is 2.66. The average molecular weight is 383 g/mol. The summed E-state index contributed by atoms with van der Waals surface area (Å²) < 4.78 is 6.62. The highest BCUT2D eigenvalue weighted by atomic mass is 16.5. The van der Waals surface area contributed by atoms with Crippen molar-refractivity contribution in [3.63, 3.8) is 0 Å². The van der Waals surface area contributed by atoms with Crippen molar-refractivity contribution >= 4 is 0 Å². The summed E-state index contributed by atoms with van der Waals surface area (Å²) in [4.78, 5) is 0. The van der Waals surface area contributed by atoms with Crippen molar-refractivity contribution in [1.82, 2.24) is 0 Å². The molecule has 0 N–H and O–H groups in total. The van der Waals surface area contributed by atoms with Gasteiger partial charge in [0, 0.05) is 5.92 Å². The van der Waals surface area contributed by atoms with Gasteiger partial charge in [-0.1, -0.05) is 83.6 Å². The third-order valence-corrected chi connectivity index (χ3v) is 7.45. The van der Waals surface area contributed by atoms with Crippen LogP contribution >= 0.6 is 0 Å². The molecule has 2 atom stereocenters. The summed E-state index contributed by atoms with van der Waals surface area (Å²) in [7, 11) is 0. The van der Waals surface area contributed by atoms with E-state index in [-0.39, 0.29) is 11.0 Å². The van der Waals surface area contributed by atoms with Crippen molar-refractivity contribution in [2.45, 2.75) is 116 Å². The van der Waals surface area contributed by atoms with Gasteiger partial charge in [0.15, 0.2) is 0 Å². The molecule has 1 aromatic rings. The van der Waals surface area contributed by atoms with Crippen LogP contribution in [0.15, 0.2) is 29.8 Å². The summed E-state index contributed by atoms with van der Waals surface area (Å²) in [6.45, 7) is 14.0. The summed E-state index contributed by atoms with van der Waals surface area (Å²) in [6.07, 6.45) is 14.0. The first kappa shape index (κ1) is 21.5. The van der Waals surface area contributed by atoms with Crippen LogP contribution in [0.4, 0.5) is 0 Å². The Morgan fingerprint density at radius 1 is 1.07 bits per heavy atom. The SMILES string of the molecule is CCCCCCCC(C)(C)c1ccc2c(c1)OC(C)(C)[C@@H]1CC=C(CC)C[C@@H]21. The Labute approximate surface area is 174 Å². The van der Waals surface area contributed by atoms with Gasteiger partial charge in [-0.3, -0.25) is 0 Å². The molecule has 1 heterocycles. The molecule has 28 heavy (non-hydrogen) atoms. The van der Waals surface area contributed by atoms with Crippen molar-refractivity contribution < 1.29 is 4.74 Å². The molecule has 0 aromatic heterocycles. The van der Waals surface area contributed by atoms with E-state index >= 15 is 0 Å². The minimum atomic E-state index is -0.0869. The van der Waals surface area contributed by atoms with Gasteiger partial charge >= 0.3 is 0 Å². The molecule has 0 amide bonds. The molecule has 156 valence electrons. The summed E-state index contributed by atoms with van der Waals surface area (Å²) in [5, 5.41) is 0. The van der Waals surface area contributed by atoms with Crippen molar-refractivity contribution in [3.8, 4) is 5.75 Å². The van der Waals surface area contributed by atoms with Gasteiger partial charge in [-0.05, 0) is 68.1 Å². The van der Waals surface area contributed by atoms with Crippen molar-refractivity contribution in [2.24, 2.45) is 5.92 Å². The molecule has 0 saturated carbocycles. The third-order valence-electron chi connectivity index (χ3n) is 7.45. The number of ether oxygens (including phenoxy) is 1. The highest BCUT2D eigenvalue weighted by Gasteiger charge is 2.44. The quantitative estimate of drug-likeness (QED) is 0.324. The number of allylic oxidation sites excluding steroid dienone is 2. The number of hydrogen-bond donors (Lipinski definition) is 0. The maximum Gasteiger partial charge on any atom is 0.123 e. The van der Waals surface area contributed by atoms with Gasteiger partial charge in [-0.2, -0.15) is 0 Å². The molecule has 0 unspecified atom stereocenters. The first-order valence-corrected chi connectivity index (χ1v) is 11.8. The van der Waals surface area contributed by atoms with Crippen LogP contribution in [0, 0.1) is 5.92 Å². The van der Waals surface area contributed by atoms with E-state index in [1.807, 2.05) is 0 Å². The summed E-state index contributed by atoms with van der Waals surface area (Å²) in [5.74, 6) is 2.36. The van der Waals surface area contributed by atoms with Gasteiger partial charge in [0.1, 0.15) is 11.4 Å². The molecule has 1 nitrogen and oxygen atoms in total. The van der Waals surface area contributed by atoms with Crippen LogP contribution in [-0.2, 0) is 5.41 Å². The normalized spacial score (nSPS) is 23.4. The molecule has 1 aliphatic heterocycles. The van der Waals surface area contributed by atoms with Gasteiger partial charge in [-0.15, -0.1) is 0 Å². The second-order valence-electron chi connectivity index (χ2n) is 10.4. The predicted molar refractivity (Wildman–Crippen MR) is 121 cm³/mol. The first-order valence-electron chi connectivity index (χ1n) is 11.8. The van der Waals surface area contributed by atoms with Crippen molar-refractivity contribution in [2.75, 3.05) is 0 Å². The van der Waals surface area contributed by atoms with Crippen LogP contribution in [-0.4, -0.2) is 5.60 Å². The highest BCUT2D eigenvalue weighted by Crippen LogP contribution is 2.52. The molecular formula is C27H42O. The lowest BCUT2D eigenvalue weighted by atomic mass is 9.66. The van der Waals surface area contributed by atoms with Crippen LogP contribution < -0.4 is 4.74 Å². The lowest BCUT2D eigenvalue weighted by Gasteiger charge is -2.47. The van der Waals surface area contributed by atoms with E-state index < -0.39 is 0 Å². The van der Waals surface area contributed by atoms with E-state index in [4.69, 9.17) is 4.74 Å². The van der Waals surface area contributed by atoms with E-state index in [0.717, 1.165) is 12.2 Å². The molecule has 0 fully saturated rings. The predicted octanol–water partition coefficient (Wildman–Crippen LogP) is 8.33. The van der Waals surface area contributed by atoms with Crippen molar-refractivity contribution in [3.05, 3.63) is 41.0 Å². The maximum atomic E-state index is 6.62. The zero-order valence-electron chi connectivity index (χ0n) is 19.2. The van der Waals surface area contributed by atoms with Crippen LogP contribution in [0.2, 0.25) is 0 Å². The summed E-state index contributed by atoms with van der Waals surface area (Å²) in [5.41, 5.74) is 4.65. The van der Waals surface area contributed by atoms with Gasteiger partial charge in [0.2, 0.25) is 0 Å². The molecule has 2 aliphatic rings. The second kappa shape index (κ2) is 8.64. The van der Waals surface area contributed by atoms with Gasteiger partial charge in [-0.25, -0.2) is 0 Å². The van der Waals surface area contributed by atoms with Gasteiger partial charge in [0.25, 0.3) is 0 Å². The number of rotatable bonds is 8. The molecule has 3 rings (SSSR count). The topological polar surface area (TPSA) is 9.23 Å². The Kier molecular flexibility index (Phi) is 6.62. The Bertz CT molecular complexity index is 694. The molecule has 1 heteroatoms. The number of hydrogen-bond acceptors (Lipinski definition) is 1. The minimum absolute atomic E-state index is 0.0869. The Morgan fingerprint density at radius 3 is 2.54 bits per heavy atom. The number of fused-ring (bicyclic) bond motifs is 3. The van der Waals surface area contributed by atoms with E-state index in [9.17, 15) is 0 Å². The molecule has 1 aliphatic carbocycles. The van der Waals surface area contributed by atoms with Crippen LogP contribution in [0.5, 0.6) is 5.75 Å². The van der Waals surface area contributed by atoms with E-state index in [1.54, 1.807) is 5.57 Å². The highest BCUT2D eigenvalue weighted by molar-refractivity contribution is 5.46. The largest absolute Gasteiger partial charge is 0.487 e. The van der Waals surface area contributed by atoms with Gasteiger partial charge < -0.3 is 4.74 Å². The molecule has 0 spiro atoms. The van der Waals surface area contributed by atoms with Crippen molar-refractivity contribution in [1.29, 1.82) is 0 Å². The maximum absolute atomic E-state index is 6.62. The van der Waals surface area contributed by atoms with E-state index in [0.29, 0.717) is 11.8 Å². The van der Waals surface area contributed by atoms with E-state index in [2.05, 4.69) is 65.8 Å². The Balaban J connectivity index is 1.80. The summed E-state index contributed by atoms with van der Waals surface area (Å²) >= 11 is 0. The fraction of sp³-hybridized carbons (Fsp3) is 0.704. The number of unbranched alkanes of at least 4 members (excludes halogenated alkanes) is 4. The Hall–Kier alpha value is -1.24. The fourth-order valence-corrected chi connectivity index (χ4v) is 5.37. The number of benzene rings is 1. The van der Waals surface area contributed by atoms with Gasteiger partial charge in [0.05, 0.1) is 0 Å². The molecule has 0 radical (unpaired) electrons. The summed E-state index contributed by atoms with van der Waals surface area (Å²) in [6, 6.07) is 7.17. The smallest absolute Gasteiger partial charge is 0.123 e. The van der Waals surface area contributed by atoms with E-state index in [1.165, 1.54) is 62.5 Å². The molecule has 0 bridgehead atoms. The first-order chi connectivity index (χ1) is 13.3. The zero-order chi connectivity index (χ0) is 20.4. The lowest BCUT2D eigenvalue weighted by Crippen LogP contribution is -2.45. The monoisotopic (exact) mass is 382 g/mol. The standard InChI is InChI=1S/C27H42O/c1-7-9-10-11-12-17-26(3,4)21-14-15-22-23-18-20(8-2)13-16-24(23)27(5,6)28-25(22)19-21/h13-15,19,23-24H,7-12,16-18H2,1-6H3/t23-,24+/m0/s1. The van der Waals surface area contributed by atoms with Crippen LogP contribution in [0.1, 0.15) is 116 Å². The minimum Gasteiger partial charge on any atom is -0.487 e. The fourth-order valence-electron chi connectivity index (χ4n) is 5.37. The molecule has 0 saturated heterocycles. The molecule has 1 aromatic carbocycles. The lowest BCUT2D eigenvalue weighted by molar-refractivity contribution is 0.00816. The van der Waals surface area contributed by atoms with Crippen LogP contribution in [0.25, 0.3) is 0 Å². The zero-order valence-corrected chi connectivity index (χ0v) is 19.2. The molecular weight excluding hydrogens is 340 g/mol. The third kappa shape index (κ3) is 4.50. The van der Waals surface area contributed by atoms with Crippen LogP contribution in [0.3, 0.4) is 0 Å². The Morgan fingerprint density at radius 2 is 1.82 bits per heavy atom. The second-order valence-corrected chi connectivity index (χ2v) is 10.4.